The number of piperazine rings is 1. The van der Waals surface area contributed by atoms with Crippen molar-refractivity contribution < 1.29 is 14.0 Å². The molecule has 108 valence electrons. The fraction of sp³-hybridized carbons (Fsp3) is 0.600. The number of carbonyl (C=O) groups is 2. The molecule has 2 aliphatic rings. The molecule has 0 radical (unpaired) electrons. The summed E-state index contributed by atoms with van der Waals surface area (Å²) >= 11 is 0. The lowest BCUT2D eigenvalue weighted by Gasteiger charge is -2.43. The molecule has 1 aliphatic heterocycles. The van der Waals surface area contributed by atoms with Crippen LogP contribution in [-0.4, -0.2) is 35.3 Å². The van der Waals surface area contributed by atoms with E-state index in [2.05, 4.69) is 5.32 Å². The van der Waals surface area contributed by atoms with Crippen LogP contribution in [0.5, 0.6) is 0 Å². The third-order valence-corrected chi connectivity index (χ3v) is 4.43. The minimum atomic E-state index is -0.159. The molecule has 1 saturated carbocycles. The van der Waals surface area contributed by atoms with Crippen molar-refractivity contribution in [2.45, 2.75) is 51.6 Å². The Morgan fingerprint density at radius 1 is 1.35 bits per heavy atom. The SMILES string of the molecule is Cc1cc(C(=O)N2CC(=O)N[C@@H]3CCCC[C@H]32)oc1C. The molecule has 20 heavy (non-hydrogen) atoms. The number of hydrogen-bond acceptors (Lipinski definition) is 3. The molecular weight excluding hydrogens is 256 g/mol. The maximum absolute atomic E-state index is 12.6. The summed E-state index contributed by atoms with van der Waals surface area (Å²) < 4.78 is 5.52. The van der Waals surface area contributed by atoms with Crippen molar-refractivity contribution in [3.8, 4) is 0 Å². The second kappa shape index (κ2) is 4.96. The minimum Gasteiger partial charge on any atom is -0.456 e. The summed E-state index contributed by atoms with van der Waals surface area (Å²) in [5.74, 6) is 0.878. The molecule has 3 rings (SSSR count). The maximum atomic E-state index is 12.6. The fourth-order valence-corrected chi connectivity index (χ4v) is 3.22. The van der Waals surface area contributed by atoms with E-state index in [1.165, 1.54) is 0 Å². The molecule has 1 aromatic heterocycles. The third kappa shape index (κ3) is 2.21. The highest BCUT2D eigenvalue weighted by Gasteiger charge is 2.39. The van der Waals surface area contributed by atoms with Crippen LogP contribution in [-0.2, 0) is 4.79 Å². The van der Waals surface area contributed by atoms with Gasteiger partial charge in [-0.05, 0) is 38.3 Å². The normalized spacial score (nSPS) is 26.1. The molecule has 0 bridgehead atoms. The molecule has 2 heterocycles. The van der Waals surface area contributed by atoms with E-state index in [0.717, 1.165) is 37.0 Å². The monoisotopic (exact) mass is 276 g/mol. The Bertz CT molecular complexity index is 530. The first kappa shape index (κ1) is 13.2. The van der Waals surface area contributed by atoms with Crippen molar-refractivity contribution >= 4 is 11.8 Å². The van der Waals surface area contributed by atoms with Crippen molar-refractivity contribution in [3.05, 3.63) is 23.2 Å². The van der Waals surface area contributed by atoms with Gasteiger partial charge in [-0.1, -0.05) is 12.8 Å². The fourth-order valence-electron chi connectivity index (χ4n) is 3.22. The number of nitrogens with zero attached hydrogens (tertiary/aromatic N) is 1. The van der Waals surface area contributed by atoms with E-state index in [-0.39, 0.29) is 30.4 Å². The molecule has 2 amide bonds. The molecule has 0 unspecified atom stereocenters. The lowest BCUT2D eigenvalue weighted by Crippen LogP contribution is -2.62. The second-order valence-corrected chi connectivity index (χ2v) is 5.81. The summed E-state index contributed by atoms with van der Waals surface area (Å²) in [6, 6.07) is 1.98. The molecule has 5 heteroatoms. The molecule has 0 aromatic carbocycles. The van der Waals surface area contributed by atoms with E-state index in [9.17, 15) is 9.59 Å². The van der Waals surface area contributed by atoms with Crippen molar-refractivity contribution in [2.24, 2.45) is 0 Å². The van der Waals surface area contributed by atoms with E-state index in [4.69, 9.17) is 4.42 Å². The minimum absolute atomic E-state index is 0.0681. The Labute approximate surface area is 118 Å². The third-order valence-electron chi connectivity index (χ3n) is 4.43. The first-order valence-electron chi connectivity index (χ1n) is 7.23. The van der Waals surface area contributed by atoms with E-state index >= 15 is 0 Å². The van der Waals surface area contributed by atoms with E-state index in [1.54, 1.807) is 11.0 Å². The summed E-state index contributed by atoms with van der Waals surface area (Å²) in [4.78, 5) is 26.1. The van der Waals surface area contributed by atoms with Crippen molar-refractivity contribution in [2.75, 3.05) is 6.54 Å². The standard InChI is InChI=1S/C15H20N2O3/c1-9-7-13(20-10(9)2)15(19)17-8-14(18)16-11-5-3-4-6-12(11)17/h7,11-12H,3-6,8H2,1-2H3,(H,16,18)/t11-,12-/m1/s1. The number of rotatable bonds is 1. The molecule has 1 N–H and O–H groups in total. The van der Waals surface area contributed by atoms with Crippen LogP contribution in [0.3, 0.4) is 0 Å². The van der Waals surface area contributed by atoms with E-state index in [0.29, 0.717) is 5.76 Å². The van der Waals surface area contributed by atoms with Crippen LogP contribution in [0, 0.1) is 13.8 Å². The number of furan rings is 1. The zero-order valence-electron chi connectivity index (χ0n) is 11.9. The Hall–Kier alpha value is -1.78. The Morgan fingerprint density at radius 2 is 2.10 bits per heavy atom. The van der Waals surface area contributed by atoms with Crippen LogP contribution in [0.1, 0.15) is 47.6 Å². The molecule has 1 saturated heterocycles. The molecular formula is C15H20N2O3. The molecule has 2 atom stereocenters. The smallest absolute Gasteiger partial charge is 0.290 e. The van der Waals surface area contributed by atoms with Crippen LogP contribution in [0.4, 0.5) is 0 Å². The topological polar surface area (TPSA) is 62.6 Å². The maximum Gasteiger partial charge on any atom is 0.290 e. The van der Waals surface area contributed by atoms with Gasteiger partial charge in [-0.2, -0.15) is 0 Å². The molecule has 2 fully saturated rings. The van der Waals surface area contributed by atoms with Gasteiger partial charge in [0, 0.05) is 6.04 Å². The van der Waals surface area contributed by atoms with Gasteiger partial charge in [0.25, 0.3) is 5.91 Å². The average molecular weight is 276 g/mol. The number of aryl methyl sites for hydroxylation is 2. The quantitative estimate of drug-likeness (QED) is 0.850. The summed E-state index contributed by atoms with van der Waals surface area (Å²) in [5, 5.41) is 3.01. The van der Waals surface area contributed by atoms with Gasteiger partial charge < -0.3 is 14.6 Å². The Morgan fingerprint density at radius 3 is 2.80 bits per heavy atom. The highest BCUT2D eigenvalue weighted by Crippen LogP contribution is 2.27. The highest BCUT2D eigenvalue weighted by molar-refractivity contribution is 5.95. The van der Waals surface area contributed by atoms with Crippen molar-refractivity contribution in [1.29, 1.82) is 0 Å². The Kier molecular flexibility index (Phi) is 3.28. The highest BCUT2D eigenvalue weighted by atomic mass is 16.4. The van der Waals surface area contributed by atoms with Gasteiger partial charge in [0.1, 0.15) is 12.3 Å². The molecule has 5 nitrogen and oxygen atoms in total. The van der Waals surface area contributed by atoms with Crippen LogP contribution in [0.15, 0.2) is 10.5 Å². The number of amides is 2. The van der Waals surface area contributed by atoms with Crippen LogP contribution in [0.2, 0.25) is 0 Å². The molecule has 1 aliphatic carbocycles. The first-order valence-corrected chi connectivity index (χ1v) is 7.23. The van der Waals surface area contributed by atoms with Gasteiger partial charge in [-0.3, -0.25) is 9.59 Å². The summed E-state index contributed by atoms with van der Waals surface area (Å²) in [6.07, 6.45) is 4.13. The average Bonchev–Trinajstić information content (AvgIpc) is 2.77. The van der Waals surface area contributed by atoms with Crippen LogP contribution in [0.25, 0.3) is 0 Å². The number of nitrogens with one attached hydrogen (secondary N) is 1. The number of hydrogen-bond donors (Lipinski definition) is 1. The van der Waals surface area contributed by atoms with Crippen molar-refractivity contribution in [3.63, 3.8) is 0 Å². The number of carbonyl (C=O) groups excluding carboxylic acids is 2. The van der Waals surface area contributed by atoms with Gasteiger partial charge >= 0.3 is 0 Å². The van der Waals surface area contributed by atoms with Crippen molar-refractivity contribution in [1.82, 2.24) is 10.2 Å². The number of fused-ring (bicyclic) bond motifs is 1. The first-order chi connectivity index (χ1) is 9.56. The second-order valence-electron chi connectivity index (χ2n) is 5.81. The summed E-state index contributed by atoms with van der Waals surface area (Å²) in [7, 11) is 0. The predicted molar refractivity (Wildman–Crippen MR) is 73.4 cm³/mol. The van der Waals surface area contributed by atoms with Crippen LogP contribution >= 0.6 is 0 Å². The predicted octanol–water partition coefficient (Wildman–Crippen LogP) is 1.78. The van der Waals surface area contributed by atoms with Gasteiger partial charge in [0.2, 0.25) is 5.91 Å². The molecule has 0 spiro atoms. The van der Waals surface area contributed by atoms with E-state index in [1.807, 2.05) is 13.8 Å². The van der Waals surface area contributed by atoms with Gasteiger partial charge in [0.15, 0.2) is 5.76 Å². The zero-order valence-corrected chi connectivity index (χ0v) is 11.9. The summed E-state index contributed by atoms with van der Waals surface area (Å²) in [6.45, 7) is 3.90. The molecule has 1 aromatic rings. The Balaban J connectivity index is 1.86. The van der Waals surface area contributed by atoms with E-state index < -0.39 is 0 Å². The van der Waals surface area contributed by atoms with Gasteiger partial charge in [0.05, 0.1) is 6.04 Å². The zero-order chi connectivity index (χ0) is 14.3. The van der Waals surface area contributed by atoms with Gasteiger partial charge in [-0.25, -0.2) is 0 Å². The lowest BCUT2D eigenvalue weighted by atomic mass is 9.87. The largest absolute Gasteiger partial charge is 0.456 e. The van der Waals surface area contributed by atoms with Gasteiger partial charge in [-0.15, -0.1) is 0 Å². The van der Waals surface area contributed by atoms with Crippen LogP contribution < -0.4 is 5.32 Å². The summed E-state index contributed by atoms with van der Waals surface area (Å²) in [5.41, 5.74) is 0.968. The lowest BCUT2D eigenvalue weighted by molar-refractivity contribution is -0.127.